The molecule has 0 aliphatic carbocycles. The summed E-state index contributed by atoms with van der Waals surface area (Å²) in [7, 11) is -1.23. The predicted molar refractivity (Wildman–Crippen MR) is 33.1 cm³/mol. The van der Waals surface area contributed by atoms with Crippen LogP contribution in [0, 0.1) is 0 Å². The Labute approximate surface area is 47.1 Å². The zero-order valence-corrected chi connectivity index (χ0v) is 8.88. The summed E-state index contributed by atoms with van der Waals surface area (Å²) >= 11 is 0. The minimum Gasteiger partial charge on any atom is -0.178 e. The van der Waals surface area contributed by atoms with Crippen molar-refractivity contribution in [1.82, 2.24) is 0 Å². The lowest BCUT2D eigenvalue weighted by Crippen LogP contribution is -2.24. The molecule has 0 saturated carbocycles. The molecule has 0 aromatic heterocycles. The molecule has 0 N–H and O–H groups in total. The summed E-state index contributed by atoms with van der Waals surface area (Å²) in [4.78, 5) is 0. The van der Waals surface area contributed by atoms with E-state index in [1.165, 1.54) is 0 Å². The van der Waals surface area contributed by atoms with Gasteiger partial charge in [-0.25, -0.2) is 0 Å². The van der Waals surface area contributed by atoms with Gasteiger partial charge in [-0.15, -0.1) is 0 Å². The SMILES string of the molecule is FC(F)(F)[SiH2][SiH2][SiH3]. The Morgan fingerprint density at radius 2 is 1.71 bits per heavy atom. The van der Waals surface area contributed by atoms with Crippen LogP contribution in [0.2, 0.25) is 0 Å². The van der Waals surface area contributed by atoms with Crippen molar-refractivity contribution in [2.75, 3.05) is 0 Å². The van der Waals surface area contributed by atoms with Gasteiger partial charge in [0.1, 0.15) is 9.04 Å². The van der Waals surface area contributed by atoms with E-state index in [0.29, 0.717) is 0 Å². The van der Waals surface area contributed by atoms with E-state index in [2.05, 4.69) is 0 Å². The number of hydrogen-bond acceptors (Lipinski definition) is 0. The molecule has 0 nitrogen and oxygen atoms in total. The third-order valence-electron chi connectivity index (χ3n) is 0.533. The lowest BCUT2D eigenvalue weighted by Gasteiger charge is -1.99. The standard InChI is InChI=1S/CH7F3Si3/c2-1(3,4)6-7-5/h6-7H2,5H3. The fourth-order valence-corrected chi connectivity index (χ4v) is 7.65. The second kappa shape index (κ2) is 2.68. The lowest BCUT2D eigenvalue weighted by atomic mass is 11.5. The first kappa shape index (κ1) is 7.44. The average Bonchev–Trinajstić information content (AvgIpc) is 1.30. The minimum atomic E-state index is -3.71. The fraction of sp³-hybridized carbons (Fsp3) is 1.00. The van der Waals surface area contributed by atoms with Gasteiger partial charge in [-0.05, 0) is 9.76 Å². The van der Waals surface area contributed by atoms with E-state index < -0.39 is 23.4 Å². The maximum atomic E-state index is 11.2. The summed E-state index contributed by atoms with van der Waals surface area (Å²) in [5.74, 6) is -3.71. The molecule has 0 aliphatic heterocycles. The molecule has 0 spiro atoms. The van der Waals surface area contributed by atoms with Gasteiger partial charge in [0.05, 0.1) is 0 Å². The van der Waals surface area contributed by atoms with Crippen molar-refractivity contribution in [2.45, 2.75) is 5.80 Å². The lowest BCUT2D eigenvalue weighted by molar-refractivity contribution is -0.0445. The summed E-state index contributed by atoms with van der Waals surface area (Å²) < 4.78 is 33.5. The Kier molecular flexibility index (Phi) is 2.84. The van der Waals surface area contributed by atoms with Crippen molar-refractivity contribution in [2.24, 2.45) is 0 Å². The van der Waals surface area contributed by atoms with Crippen molar-refractivity contribution in [3.8, 4) is 0 Å². The smallest absolute Gasteiger partial charge is 0.178 e. The Balaban J connectivity index is 3.15. The van der Waals surface area contributed by atoms with E-state index in [-0.39, 0.29) is 0 Å². The van der Waals surface area contributed by atoms with E-state index >= 15 is 0 Å². The van der Waals surface area contributed by atoms with Crippen molar-refractivity contribution in [1.29, 1.82) is 0 Å². The van der Waals surface area contributed by atoms with Crippen LogP contribution in [-0.4, -0.2) is 33.2 Å². The molecule has 0 fully saturated rings. The highest BCUT2D eigenvalue weighted by Crippen LogP contribution is 2.09. The van der Waals surface area contributed by atoms with Gasteiger partial charge >= 0.3 is 5.80 Å². The second-order valence-electron chi connectivity index (χ2n) is 1.37. The quantitative estimate of drug-likeness (QED) is 0.391. The van der Waals surface area contributed by atoms with Crippen LogP contribution in [0.4, 0.5) is 13.2 Å². The van der Waals surface area contributed by atoms with Crippen LogP contribution in [0.3, 0.4) is 0 Å². The molecule has 0 amide bonds. The number of halogens is 3. The van der Waals surface area contributed by atoms with Crippen LogP contribution < -0.4 is 0 Å². The second-order valence-corrected chi connectivity index (χ2v) is 17.2. The molecule has 0 heterocycles. The largest absolute Gasteiger partial charge is 0.351 e. The molecular formula is CH7F3Si3. The third-order valence-corrected chi connectivity index (χ3v) is 9.30. The molecule has 0 saturated heterocycles. The summed E-state index contributed by atoms with van der Waals surface area (Å²) in [5, 5.41) is 0. The molecule has 44 valence electrons. The molecular weight excluding hydrogens is 153 g/mol. The summed E-state index contributed by atoms with van der Waals surface area (Å²) in [6.45, 7) is 0. The van der Waals surface area contributed by atoms with Crippen molar-refractivity contribution in [3.63, 3.8) is 0 Å². The first-order chi connectivity index (χ1) is 3.06. The van der Waals surface area contributed by atoms with Crippen LogP contribution in [0.5, 0.6) is 0 Å². The van der Waals surface area contributed by atoms with Gasteiger partial charge in [0, 0.05) is 8.55 Å². The molecule has 0 bridgehead atoms. The summed E-state index contributed by atoms with van der Waals surface area (Å²) in [6.07, 6.45) is 0. The third kappa shape index (κ3) is 6.44. The fourth-order valence-electron chi connectivity index (χ4n) is 0.283. The van der Waals surface area contributed by atoms with Gasteiger partial charge in [0.25, 0.3) is 0 Å². The van der Waals surface area contributed by atoms with Crippen LogP contribution in [0.25, 0.3) is 0 Å². The van der Waals surface area contributed by atoms with Crippen molar-refractivity contribution >= 4 is 27.4 Å². The maximum absolute atomic E-state index is 11.2. The van der Waals surface area contributed by atoms with Crippen LogP contribution in [0.15, 0.2) is 0 Å². The van der Waals surface area contributed by atoms with E-state index in [9.17, 15) is 13.2 Å². The topological polar surface area (TPSA) is 0 Å². The van der Waals surface area contributed by atoms with Crippen molar-refractivity contribution in [3.05, 3.63) is 0 Å². The molecule has 6 heteroatoms. The molecule has 7 heavy (non-hydrogen) atoms. The van der Waals surface area contributed by atoms with Crippen molar-refractivity contribution < 1.29 is 13.2 Å². The Morgan fingerprint density at radius 1 is 1.29 bits per heavy atom. The molecule has 0 unspecified atom stereocenters. The molecule has 0 aromatic rings. The van der Waals surface area contributed by atoms with E-state index in [1.54, 1.807) is 0 Å². The Hall–Kier alpha value is 0.441. The first-order valence-corrected chi connectivity index (χ1v) is 12.5. The molecule has 0 aromatic carbocycles. The number of alkyl halides is 3. The number of rotatable bonds is 1. The average molecular weight is 160 g/mol. The minimum absolute atomic E-state index is 0.537. The highest BCUT2D eigenvalue weighted by Gasteiger charge is 2.24. The van der Waals surface area contributed by atoms with E-state index in [0.717, 1.165) is 9.76 Å². The monoisotopic (exact) mass is 160 g/mol. The molecule has 0 aliphatic rings. The van der Waals surface area contributed by atoms with Gasteiger partial charge in [0.15, 0.2) is 0 Å². The Bertz CT molecular complexity index is 48.6. The van der Waals surface area contributed by atoms with E-state index in [1.807, 2.05) is 0 Å². The summed E-state index contributed by atoms with van der Waals surface area (Å²) in [6, 6.07) is 0. The highest BCUT2D eigenvalue weighted by molar-refractivity contribution is 7.24. The van der Waals surface area contributed by atoms with E-state index in [4.69, 9.17) is 0 Å². The van der Waals surface area contributed by atoms with Gasteiger partial charge in [-0.3, -0.25) is 0 Å². The van der Waals surface area contributed by atoms with Crippen LogP contribution in [0.1, 0.15) is 0 Å². The van der Waals surface area contributed by atoms with Crippen LogP contribution >= 0.6 is 0 Å². The number of hydrogen-bond donors (Lipinski definition) is 0. The zero-order valence-electron chi connectivity index (χ0n) is 4.05. The maximum Gasteiger partial charge on any atom is 0.351 e. The first-order valence-electron chi connectivity index (χ1n) is 2.13. The van der Waals surface area contributed by atoms with Gasteiger partial charge in [0.2, 0.25) is 0 Å². The molecule has 0 atom stereocenters. The zero-order chi connectivity index (χ0) is 5.91. The predicted octanol–water partition coefficient (Wildman–Crippen LogP) is -1.96. The van der Waals surface area contributed by atoms with Gasteiger partial charge in [-0.1, -0.05) is 0 Å². The summed E-state index contributed by atoms with van der Waals surface area (Å²) in [5.41, 5.74) is 0. The molecule has 0 radical (unpaired) electrons. The normalized spacial score (nSPS) is 15.9. The van der Waals surface area contributed by atoms with Gasteiger partial charge in [-0.2, -0.15) is 13.2 Å². The van der Waals surface area contributed by atoms with Crippen LogP contribution in [-0.2, 0) is 0 Å². The van der Waals surface area contributed by atoms with Gasteiger partial charge < -0.3 is 0 Å². The Morgan fingerprint density at radius 3 is 1.71 bits per heavy atom. The highest BCUT2D eigenvalue weighted by atomic mass is 29.5. The molecule has 0 rings (SSSR count).